The lowest BCUT2D eigenvalue weighted by molar-refractivity contribution is 0.0884. The molecule has 84 valence electrons. The highest BCUT2D eigenvalue weighted by atomic mass is 79.9. The first-order valence-electron chi connectivity index (χ1n) is 4.41. The Balaban J connectivity index is 2.92. The van der Waals surface area contributed by atoms with E-state index in [4.69, 9.17) is 11.6 Å². The Morgan fingerprint density at radius 3 is 2.67 bits per heavy atom. The van der Waals surface area contributed by atoms with Crippen LogP contribution in [0.15, 0.2) is 10.8 Å². The van der Waals surface area contributed by atoms with Gasteiger partial charge in [-0.3, -0.25) is 0 Å². The molecule has 6 heteroatoms. The Bertz CT molecular complexity index is 354. The van der Waals surface area contributed by atoms with Gasteiger partial charge in [0.1, 0.15) is 17.3 Å². The second-order valence-corrected chi connectivity index (χ2v) is 5.12. The summed E-state index contributed by atoms with van der Waals surface area (Å²) in [5, 5.41) is 10.0. The van der Waals surface area contributed by atoms with Crippen molar-refractivity contribution in [2.24, 2.45) is 0 Å². The predicted octanol–water partition coefficient (Wildman–Crippen LogP) is 2.10. The van der Waals surface area contributed by atoms with E-state index in [1.54, 1.807) is 13.8 Å². The van der Waals surface area contributed by atoms with Crippen LogP contribution in [0.2, 0.25) is 5.15 Å². The predicted molar refractivity (Wildman–Crippen MR) is 64.3 cm³/mol. The van der Waals surface area contributed by atoms with Crippen LogP contribution in [-0.4, -0.2) is 34.3 Å². The molecule has 4 nitrogen and oxygen atoms in total. The fourth-order valence-electron chi connectivity index (χ4n) is 1.26. The maximum atomic E-state index is 9.68. The molecule has 1 heterocycles. The van der Waals surface area contributed by atoms with E-state index in [0.29, 0.717) is 22.0 Å². The Hall–Kier alpha value is -0.390. The van der Waals surface area contributed by atoms with Crippen molar-refractivity contribution in [3.8, 4) is 0 Å². The number of hydrogen-bond donors (Lipinski definition) is 1. The molecule has 1 N–H and O–H groups in total. The minimum absolute atomic E-state index is 0.364. The van der Waals surface area contributed by atoms with Crippen LogP contribution in [-0.2, 0) is 0 Å². The lowest BCUT2D eigenvalue weighted by Crippen LogP contribution is -2.36. The second kappa shape index (κ2) is 4.63. The summed E-state index contributed by atoms with van der Waals surface area (Å²) in [6, 6.07) is 0. The Morgan fingerprint density at radius 2 is 2.13 bits per heavy atom. The Kier molecular flexibility index (Phi) is 3.92. The summed E-state index contributed by atoms with van der Waals surface area (Å²) in [6.45, 7) is 3.93. The molecule has 0 aliphatic carbocycles. The van der Waals surface area contributed by atoms with Crippen LogP contribution in [0, 0.1) is 0 Å². The summed E-state index contributed by atoms with van der Waals surface area (Å²) in [5.41, 5.74) is -0.786. The zero-order valence-corrected chi connectivity index (χ0v) is 11.2. The van der Waals surface area contributed by atoms with Gasteiger partial charge < -0.3 is 10.0 Å². The molecule has 1 aromatic heterocycles. The molecule has 1 rings (SSSR count). The van der Waals surface area contributed by atoms with Crippen molar-refractivity contribution in [3.63, 3.8) is 0 Å². The van der Waals surface area contributed by atoms with Gasteiger partial charge in [0.05, 0.1) is 10.1 Å². The molecule has 15 heavy (non-hydrogen) atoms. The van der Waals surface area contributed by atoms with E-state index in [0.717, 1.165) is 0 Å². The monoisotopic (exact) mass is 293 g/mol. The normalized spacial score (nSPS) is 11.6. The minimum Gasteiger partial charge on any atom is -0.389 e. The highest BCUT2D eigenvalue weighted by Gasteiger charge is 2.19. The Morgan fingerprint density at radius 1 is 1.53 bits per heavy atom. The third kappa shape index (κ3) is 3.59. The van der Waals surface area contributed by atoms with Gasteiger partial charge in [0.15, 0.2) is 0 Å². The summed E-state index contributed by atoms with van der Waals surface area (Å²) in [4.78, 5) is 9.75. The third-order valence-electron chi connectivity index (χ3n) is 1.71. The van der Waals surface area contributed by atoms with Crippen molar-refractivity contribution < 1.29 is 5.11 Å². The molecule has 0 unspecified atom stereocenters. The van der Waals surface area contributed by atoms with Gasteiger partial charge in [0, 0.05) is 13.6 Å². The number of aromatic nitrogens is 2. The molecule has 0 aromatic carbocycles. The van der Waals surface area contributed by atoms with Crippen molar-refractivity contribution in [1.29, 1.82) is 0 Å². The molecule has 1 aromatic rings. The zero-order chi connectivity index (χ0) is 11.6. The molecule has 0 amide bonds. The number of nitrogens with zero attached hydrogens (tertiary/aromatic N) is 3. The summed E-state index contributed by atoms with van der Waals surface area (Å²) >= 11 is 9.15. The number of anilines is 1. The number of aliphatic hydroxyl groups is 1. The van der Waals surface area contributed by atoms with Crippen LogP contribution in [0.25, 0.3) is 0 Å². The number of hydrogen-bond acceptors (Lipinski definition) is 4. The maximum absolute atomic E-state index is 9.68. The zero-order valence-electron chi connectivity index (χ0n) is 8.83. The van der Waals surface area contributed by atoms with Crippen molar-refractivity contribution >= 4 is 33.3 Å². The maximum Gasteiger partial charge on any atom is 0.148 e. The van der Waals surface area contributed by atoms with Crippen molar-refractivity contribution in [2.75, 3.05) is 18.5 Å². The summed E-state index contributed by atoms with van der Waals surface area (Å²) in [7, 11) is 1.83. The van der Waals surface area contributed by atoms with E-state index in [9.17, 15) is 5.11 Å². The fraction of sp³-hybridized carbons (Fsp3) is 0.556. The van der Waals surface area contributed by atoms with Crippen LogP contribution in [0.3, 0.4) is 0 Å². The van der Waals surface area contributed by atoms with Crippen LogP contribution in [0.4, 0.5) is 5.82 Å². The first-order valence-corrected chi connectivity index (χ1v) is 5.58. The van der Waals surface area contributed by atoms with E-state index < -0.39 is 5.60 Å². The highest BCUT2D eigenvalue weighted by molar-refractivity contribution is 9.10. The van der Waals surface area contributed by atoms with Gasteiger partial charge in [-0.25, -0.2) is 9.97 Å². The van der Waals surface area contributed by atoms with Crippen LogP contribution >= 0.6 is 27.5 Å². The molecule has 0 spiro atoms. The van der Waals surface area contributed by atoms with Crippen LogP contribution < -0.4 is 4.90 Å². The van der Waals surface area contributed by atoms with Crippen LogP contribution in [0.5, 0.6) is 0 Å². The number of rotatable bonds is 3. The van der Waals surface area contributed by atoms with Gasteiger partial charge in [-0.2, -0.15) is 0 Å². The number of halogens is 2. The van der Waals surface area contributed by atoms with Crippen molar-refractivity contribution in [2.45, 2.75) is 19.4 Å². The molecule has 0 radical (unpaired) electrons. The van der Waals surface area contributed by atoms with Crippen molar-refractivity contribution in [1.82, 2.24) is 9.97 Å². The first-order chi connectivity index (χ1) is 6.81. The number of likely N-dealkylation sites (N-methyl/N-ethyl adjacent to an activating group) is 1. The molecule has 0 bridgehead atoms. The van der Waals surface area contributed by atoms with E-state index in [-0.39, 0.29) is 0 Å². The molecule has 0 atom stereocenters. The molecule has 0 saturated carbocycles. The van der Waals surface area contributed by atoms with E-state index in [1.165, 1.54) is 6.33 Å². The van der Waals surface area contributed by atoms with Crippen molar-refractivity contribution in [3.05, 3.63) is 16.0 Å². The average Bonchev–Trinajstić information content (AvgIpc) is 2.06. The average molecular weight is 295 g/mol. The summed E-state index contributed by atoms with van der Waals surface area (Å²) in [6.07, 6.45) is 1.39. The topological polar surface area (TPSA) is 49.2 Å². The molecular weight excluding hydrogens is 281 g/mol. The van der Waals surface area contributed by atoms with Gasteiger partial charge in [-0.05, 0) is 29.8 Å². The van der Waals surface area contributed by atoms with E-state index >= 15 is 0 Å². The molecule has 0 aliphatic heterocycles. The summed E-state index contributed by atoms with van der Waals surface area (Å²) < 4.78 is 0.637. The Labute approximate surface area is 102 Å². The second-order valence-electron chi connectivity index (χ2n) is 3.97. The van der Waals surface area contributed by atoms with Gasteiger partial charge >= 0.3 is 0 Å². The molecular formula is C9H13BrClN3O. The van der Waals surface area contributed by atoms with Crippen LogP contribution in [0.1, 0.15) is 13.8 Å². The quantitative estimate of drug-likeness (QED) is 0.867. The fourth-order valence-corrected chi connectivity index (χ4v) is 1.90. The lowest BCUT2D eigenvalue weighted by Gasteiger charge is -2.26. The largest absolute Gasteiger partial charge is 0.389 e. The third-order valence-corrected chi connectivity index (χ3v) is 2.96. The molecule has 0 aliphatic rings. The molecule has 0 fully saturated rings. The van der Waals surface area contributed by atoms with Gasteiger partial charge in [0.25, 0.3) is 0 Å². The SMILES string of the molecule is CN(CC(C)(C)O)c1ncnc(Cl)c1Br. The van der Waals surface area contributed by atoms with E-state index in [1.807, 2.05) is 11.9 Å². The minimum atomic E-state index is -0.786. The van der Waals surface area contributed by atoms with E-state index in [2.05, 4.69) is 25.9 Å². The van der Waals surface area contributed by atoms with Gasteiger partial charge in [-0.15, -0.1) is 0 Å². The van der Waals surface area contributed by atoms with Gasteiger partial charge in [0.2, 0.25) is 0 Å². The lowest BCUT2D eigenvalue weighted by atomic mass is 10.1. The summed E-state index contributed by atoms with van der Waals surface area (Å²) in [5.74, 6) is 0.664. The standard InChI is InChI=1S/C9H13BrClN3O/c1-9(2,15)4-14(3)8-6(10)7(11)12-5-13-8/h5,15H,4H2,1-3H3. The first kappa shape index (κ1) is 12.7. The highest BCUT2D eigenvalue weighted by Crippen LogP contribution is 2.28. The smallest absolute Gasteiger partial charge is 0.148 e. The molecule has 0 saturated heterocycles. The van der Waals surface area contributed by atoms with Gasteiger partial charge in [-0.1, -0.05) is 11.6 Å².